The van der Waals surface area contributed by atoms with E-state index < -0.39 is 0 Å². The van der Waals surface area contributed by atoms with Crippen LogP contribution in [0.1, 0.15) is 25.8 Å². The third-order valence-electron chi connectivity index (χ3n) is 2.29. The van der Waals surface area contributed by atoms with E-state index >= 15 is 0 Å². The van der Waals surface area contributed by atoms with E-state index in [9.17, 15) is 9.18 Å². The van der Waals surface area contributed by atoms with Gasteiger partial charge >= 0.3 is 0 Å². The summed E-state index contributed by atoms with van der Waals surface area (Å²) in [4.78, 5) is 11.3. The average Bonchev–Trinajstić information content (AvgIpc) is 2.28. The smallest absolute Gasteiger partial charge is 0.223 e. The molecule has 18 heavy (non-hydrogen) atoms. The molecule has 0 saturated carbocycles. The summed E-state index contributed by atoms with van der Waals surface area (Å²) >= 11 is 0. The molecule has 0 aliphatic heterocycles. The average molecular weight is 254 g/mol. The first kappa shape index (κ1) is 14.4. The molecular weight excluding hydrogens is 235 g/mol. The first-order chi connectivity index (χ1) is 8.52. The van der Waals surface area contributed by atoms with Crippen LogP contribution in [-0.2, 0) is 11.3 Å². The van der Waals surface area contributed by atoms with Crippen LogP contribution >= 0.6 is 0 Å². The summed E-state index contributed by atoms with van der Waals surface area (Å²) in [6.45, 7) is 4.15. The van der Waals surface area contributed by atoms with Crippen molar-refractivity contribution in [3.63, 3.8) is 0 Å². The van der Waals surface area contributed by atoms with Gasteiger partial charge in [-0.3, -0.25) is 4.79 Å². The van der Waals surface area contributed by atoms with E-state index in [1.165, 1.54) is 6.07 Å². The Kier molecular flexibility index (Phi) is 5.58. The number of halogens is 1. The molecule has 4 nitrogen and oxygen atoms in total. The number of nitrogens with two attached hydrogens (primary N) is 1. The quantitative estimate of drug-likeness (QED) is 0.810. The highest BCUT2D eigenvalue weighted by atomic mass is 19.1. The Labute approximate surface area is 106 Å². The molecule has 100 valence electrons. The first-order valence-electron chi connectivity index (χ1n) is 5.93. The van der Waals surface area contributed by atoms with Crippen LogP contribution in [-0.4, -0.2) is 18.6 Å². The molecule has 1 rings (SSSR count). The molecule has 1 amide bonds. The number of hydrogen-bond donors (Lipinski definition) is 2. The molecule has 0 spiro atoms. The van der Waals surface area contributed by atoms with Crippen LogP contribution in [0.15, 0.2) is 18.2 Å². The summed E-state index contributed by atoms with van der Waals surface area (Å²) < 4.78 is 18.7. The first-order valence-corrected chi connectivity index (χ1v) is 5.93. The number of nitrogens with one attached hydrogen (secondary N) is 1. The van der Waals surface area contributed by atoms with Gasteiger partial charge in [0.1, 0.15) is 11.6 Å². The number of carbonyl (C=O) groups excluding carboxylic acids is 1. The maximum Gasteiger partial charge on any atom is 0.223 e. The lowest BCUT2D eigenvalue weighted by Gasteiger charge is -2.10. The van der Waals surface area contributed by atoms with E-state index in [0.29, 0.717) is 11.3 Å². The molecule has 1 aromatic carbocycles. The molecule has 0 aromatic heterocycles. The van der Waals surface area contributed by atoms with Crippen molar-refractivity contribution in [3.05, 3.63) is 29.6 Å². The van der Waals surface area contributed by atoms with E-state index in [1.54, 1.807) is 12.1 Å². The van der Waals surface area contributed by atoms with E-state index in [1.807, 2.05) is 13.8 Å². The Hall–Kier alpha value is -1.62. The molecule has 0 unspecified atom stereocenters. The molecule has 0 heterocycles. The SMILES string of the molecule is CC(C)NC(=O)CCOc1ccc(CN)c(F)c1. The number of ether oxygens (including phenoxy) is 1. The second-order valence-electron chi connectivity index (χ2n) is 4.28. The summed E-state index contributed by atoms with van der Waals surface area (Å²) in [5, 5.41) is 2.75. The van der Waals surface area contributed by atoms with Gasteiger partial charge in [0.25, 0.3) is 0 Å². The van der Waals surface area contributed by atoms with Gasteiger partial charge in [0.05, 0.1) is 13.0 Å². The summed E-state index contributed by atoms with van der Waals surface area (Å²) in [5.41, 5.74) is 5.80. The fourth-order valence-corrected chi connectivity index (χ4v) is 1.44. The van der Waals surface area contributed by atoms with Crippen molar-refractivity contribution in [1.29, 1.82) is 0 Å². The molecule has 0 aliphatic rings. The van der Waals surface area contributed by atoms with E-state index in [0.717, 1.165) is 0 Å². The third-order valence-corrected chi connectivity index (χ3v) is 2.29. The summed E-state index contributed by atoms with van der Waals surface area (Å²) in [6.07, 6.45) is 0.248. The molecule has 3 N–H and O–H groups in total. The van der Waals surface area contributed by atoms with Crippen LogP contribution < -0.4 is 15.8 Å². The number of benzene rings is 1. The van der Waals surface area contributed by atoms with Gasteiger partial charge < -0.3 is 15.8 Å². The fraction of sp³-hybridized carbons (Fsp3) is 0.462. The molecule has 0 saturated heterocycles. The second kappa shape index (κ2) is 6.96. The standard InChI is InChI=1S/C13H19FN2O2/c1-9(2)16-13(17)5-6-18-11-4-3-10(8-15)12(14)7-11/h3-4,7,9H,5-6,8,15H2,1-2H3,(H,16,17). The largest absolute Gasteiger partial charge is 0.493 e. The monoisotopic (exact) mass is 254 g/mol. The lowest BCUT2D eigenvalue weighted by Crippen LogP contribution is -2.31. The minimum atomic E-state index is -0.387. The highest BCUT2D eigenvalue weighted by Crippen LogP contribution is 2.16. The van der Waals surface area contributed by atoms with Gasteiger partial charge in [0, 0.05) is 24.2 Å². The van der Waals surface area contributed by atoms with Gasteiger partial charge in [0.2, 0.25) is 5.91 Å². The molecule has 5 heteroatoms. The number of carbonyl (C=O) groups is 1. The lowest BCUT2D eigenvalue weighted by atomic mass is 10.2. The lowest BCUT2D eigenvalue weighted by molar-refractivity contribution is -0.122. The van der Waals surface area contributed by atoms with Crippen LogP contribution in [0, 0.1) is 5.82 Å². The number of amides is 1. The fourth-order valence-electron chi connectivity index (χ4n) is 1.44. The Bertz CT molecular complexity index is 408. The molecule has 0 bridgehead atoms. The third kappa shape index (κ3) is 4.71. The number of rotatable bonds is 6. The normalized spacial score (nSPS) is 10.5. The van der Waals surface area contributed by atoms with Crippen molar-refractivity contribution in [3.8, 4) is 5.75 Å². The van der Waals surface area contributed by atoms with Crippen molar-refractivity contribution in [2.45, 2.75) is 32.9 Å². The molecule has 0 atom stereocenters. The zero-order chi connectivity index (χ0) is 13.5. The predicted molar refractivity (Wildman–Crippen MR) is 67.7 cm³/mol. The Morgan fingerprint density at radius 3 is 2.78 bits per heavy atom. The topological polar surface area (TPSA) is 64.3 Å². The Morgan fingerprint density at radius 1 is 1.50 bits per heavy atom. The van der Waals surface area contributed by atoms with Gasteiger partial charge in [0.15, 0.2) is 0 Å². The van der Waals surface area contributed by atoms with Crippen LogP contribution in [0.5, 0.6) is 5.75 Å². The number of hydrogen-bond acceptors (Lipinski definition) is 3. The highest BCUT2D eigenvalue weighted by Gasteiger charge is 2.05. The summed E-state index contributed by atoms with van der Waals surface area (Å²) in [6, 6.07) is 4.62. The van der Waals surface area contributed by atoms with Gasteiger partial charge in [-0.1, -0.05) is 6.07 Å². The van der Waals surface area contributed by atoms with E-state index in [4.69, 9.17) is 10.5 Å². The molecular formula is C13H19FN2O2. The Balaban J connectivity index is 2.40. The maximum atomic E-state index is 13.4. The summed E-state index contributed by atoms with van der Waals surface area (Å²) in [7, 11) is 0. The molecule has 0 aliphatic carbocycles. The van der Waals surface area contributed by atoms with Crippen LogP contribution in [0.2, 0.25) is 0 Å². The van der Waals surface area contributed by atoms with Gasteiger partial charge in [-0.15, -0.1) is 0 Å². The minimum absolute atomic E-state index is 0.0796. The van der Waals surface area contributed by atoms with Crippen molar-refractivity contribution in [2.24, 2.45) is 5.73 Å². The molecule has 0 radical (unpaired) electrons. The maximum absolute atomic E-state index is 13.4. The van der Waals surface area contributed by atoms with Crippen molar-refractivity contribution in [2.75, 3.05) is 6.61 Å². The van der Waals surface area contributed by atoms with Gasteiger partial charge in [-0.2, -0.15) is 0 Å². The van der Waals surface area contributed by atoms with Gasteiger partial charge in [-0.05, 0) is 19.9 Å². The summed E-state index contributed by atoms with van der Waals surface area (Å²) in [5.74, 6) is -0.0623. The van der Waals surface area contributed by atoms with Crippen LogP contribution in [0.3, 0.4) is 0 Å². The predicted octanol–water partition coefficient (Wildman–Crippen LogP) is 1.58. The van der Waals surface area contributed by atoms with Crippen molar-refractivity contribution < 1.29 is 13.9 Å². The van der Waals surface area contributed by atoms with E-state index in [2.05, 4.69) is 5.32 Å². The molecule has 1 aromatic rings. The van der Waals surface area contributed by atoms with Crippen LogP contribution in [0.25, 0.3) is 0 Å². The zero-order valence-corrected chi connectivity index (χ0v) is 10.7. The van der Waals surface area contributed by atoms with Crippen molar-refractivity contribution in [1.82, 2.24) is 5.32 Å². The van der Waals surface area contributed by atoms with E-state index in [-0.39, 0.29) is 37.3 Å². The second-order valence-corrected chi connectivity index (χ2v) is 4.28. The van der Waals surface area contributed by atoms with Gasteiger partial charge in [-0.25, -0.2) is 4.39 Å². The Morgan fingerprint density at radius 2 is 2.22 bits per heavy atom. The highest BCUT2D eigenvalue weighted by molar-refractivity contribution is 5.76. The zero-order valence-electron chi connectivity index (χ0n) is 10.7. The molecule has 0 fully saturated rings. The van der Waals surface area contributed by atoms with Crippen molar-refractivity contribution >= 4 is 5.91 Å². The van der Waals surface area contributed by atoms with Crippen LogP contribution in [0.4, 0.5) is 4.39 Å². The minimum Gasteiger partial charge on any atom is -0.493 e.